The summed E-state index contributed by atoms with van der Waals surface area (Å²) in [5.41, 5.74) is 2.96. The summed E-state index contributed by atoms with van der Waals surface area (Å²) in [5.74, 6) is -0.533. The minimum Gasteiger partial charge on any atom is -0.466 e. The Labute approximate surface area is 182 Å². The quantitative estimate of drug-likeness (QED) is 0.499. The molecule has 0 saturated carbocycles. The lowest BCUT2D eigenvalue weighted by Crippen LogP contribution is -2.33. The zero-order valence-corrected chi connectivity index (χ0v) is 18.5. The average molecular weight is 436 g/mol. The maximum Gasteiger partial charge on any atom is 0.306 e. The van der Waals surface area contributed by atoms with Crippen molar-refractivity contribution in [3.8, 4) is 11.1 Å². The zero-order chi connectivity index (χ0) is 21.4. The molecule has 0 aromatic heterocycles. The predicted molar refractivity (Wildman–Crippen MR) is 118 cm³/mol. The van der Waals surface area contributed by atoms with Crippen molar-refractivity contribution in [2.75, 3.05) is 6.61 Å². The molecule has 1 unspecified atom stereocenters. The minimum atomic E-state index is -0.385. The van der Waals surface area contributed by atoms with Crippen LogP contribution < -0.4 is 5.32 Å². The van der Waals surface area contributed by atoms with Crippen molar-refractivity contribution in [1.29, 1.82) is 0 Å². The van der Waals surface area contributed by atoms with Crippen LogP contribution in [0.1, 0.15) is 39.2 Å². The molecule has 29 heavy (non-hydrogen) atoms. The number of halogens is 2. The molecule has 1 amide bonds. The van der Waals surface area contributed by atoms with Gasteiger partial charge in [-0.15, -0.1) is 0 Å². The van der Waals surface area contributed by atoms with Gasteiger partial charge < -0.3 is 10.1 Å². The molecule has 0 spiro atoms. The van der Waals surface area contributed by atoms with E-state index in [-0.39, 0.29) is 24.2 Å². The van der Waals surface area contributed by atoms with Crippen LogP contribution in [0.5, 0.6) is 0 Å². The molecule has 0 fully saturated rings. The van der Waals surface area contributed by atoms with E-state index in [9.17, 15) is 9.59 Å². The number of ether oxygens (including phenoxy) is 1. The van der Waals surface area contributed by atoms with Gasteiger partial charge in [-0.1, -0.05) is 67.4 Å². The summed E-state index contributed by atoms with van der Waals surface area (Å²) in [6.45, 7) is 6.55. The fourth-order valence-corrected chi connectivity index (χ4v) is 3.40. The van der Waals surface area contributed by atoms with Crippen LogP contribution >= 0.6 is 23.2 Å². The van der Waals surface area contributed by atoms with Gasteiger partial charge in [0.1, 0.15) is 0 Å². The van der Waals surface area contributed by atoms with Crippen LogP contribution in [-0.4, -0.2) is 18.5 Å². The highest BCUT2D eigenvalue weighted by Gasteiger charge is 2.23. The van der Waals surface area contributed by atoms with Gasteiger partial charge in [-0.2, -0.15) is 0 Å². The molecule has 2 rings (SSSR count). The fourth-order valence-electron chi connectivity index (χ4n) is 3.10. The highest BCUT2D eigenvalue weighted by Crippen LogP contribution is 2.28. The van der Waals surface area contributed by atoms with Crippen LogP contribution in [0, 0.1) is 11.8 Å². The molecule has 0 aliphatic carbocycles. The summed E-state index contributed by atoms with van der Waals surface area (Å²) in [6, 6.07) is 13.4. The third kappa shape index (κ3) is 7.37. The first-order valence-corrected chi connectivity index (χ1v) is 10.5. The summed E-state index contributed by atoms with van der Waals surface area (Å²) < 4.78 is 5.00. The summed E-state index contributed by atoms with van der Waals surface area (Å²) in [4.78, 5) is 24.4. The topological polar surface area (TPSA) is 55.4 Å². The van der Waals surface area contributed by atoms with Gasteiger partial charge in [0, 0.05) is 12.5 Å². The second kappa shape index (κ2) is 11.2. The molecule has 0 saturated heterocycles. The largest absolute Gasteiger partial charge is 0.466 e. The van der Waals surface area contributed by atoms with Crippen LogP contribution in [0.15, 0.2) is 42.5 Å². The third-order valence-electron chi connectivity index (χ3n) is 4.52. The van der Waals surface area contributed by atoms with Gasteiger partial charge in [0.15, 0.2) is 0 Å². The molecule has 0 radical (unpaired) electrons. The van der Waals surface area contributed by atoms with Crippen molar-refractivity contribution in [2.24, 2.45) is 11.8 Å². The highest BCUT2D eigenvalue weighted by molar-refractivity contribution is 6.42. The number of nitrogens with one attached hydrogen (secondary N) is 1. The van der Waals surface area contributed by atoms with Crippen LogP contribution in [0.25, 0.3) is 11.1 Å². The molecule has 0 aliphatic heterocycles. The molecule has 0 heterocycles. The highest BCUT2D eigenvalue weighted by atomic mass is 35.5. The smallest absolute Gasteiger partial charge is 0.306 e. The van der Waals surface area contributed by atoms with Crippen molar-refractivity contribution < 1.29 is 14.3 Å². The zero-order valence-electron chi connectivity index (χ0n) is 17.0. The molecule has 156 valence electrons. The van der Waals surface area contributed by atoms with Gasteiger partial charge in [-0.25, -0.2) is 0 Å². The average Bonchev–Trinajstić information content (AvgIpc) is 2.68. The van der Waals surface area contributed by atoms with Gasteiger partial charge >= 0.3 is 5.97 Å². The van der Waals surface area contributed by atoms with E-state index in [1.54, 1.807) is 13.0 Å². The maximum atomic E-state index is 12.6. The number of carbonyl (C=O) groups excluding carboxylic acids is 2. The fraction of sp³-hybridized carbons (Fsp3) is 0.391. The van der Waals surface area contributed by atoms with Gasteiger partial charge in [0.2, 0.25) is 5.91 Å². The molecule has 0 aliphatic rings. The van der Waals surface area contributed by atoms with Crippen LogP contribution in [-0.2, 0) is 20.9 Å². The number of hydrogen-bond acceptors (Lipinski definition) is 3. The van der Waals surface area contributed by atoms with E-state index in [0.717, 1.165) is 16.7 Å². The summed E-state index contributed by atoms with van der Waals surface area (Å²) in [6.07, 6.45) is 0.745. The Bertz CT molecular complexity index is 835. The molecule has 2 aromatic carbocycles. The Balaban J connectivity index is 1.98. The maximum absolute atomic E-state index is 12.6. The normalized spacial score (nSPS) is 11.9. The standard InChI is InChI=1S/C23H27Cl2NO3/c1-4-29-22(27)13-19(11-15(2)3)23(28)26-14-16-5-7-17(8-6-16)18-9-10-20(24)21(25)12-18/h5-10,12,15,19H,4,11,13-14H2,1-3H3,(H,26,28). The molecular formula is C23H27Cl2NO3. The van der Waals surface area contributed by atoms with Gasteiger partial charge in [0.05, 0.1) is 23.1 Å². The number of carbonyl (C=O) groups is 2. The first-order valence-electron chi connectivity index (χ1n) is 9.77. The number of amides is 1. The molecule has 6 heteroatoms. The molecular weight excluding hydrogens is 409 g/mol. The lowest BCUT2D eigenvalue weighted by Gasteiger charge is -2.18. The summed E-state index contributed by atoms with van der Waals surface area (Å²) >= 11 is 12.1. The Morgan fingerprint density at radius 1 is 1.00 bits per heavy atom. The Hall–Kier alpha value is -2.04. The third-order valence-corrected chi connectivity index (χ3v) is 5.26. The van der Waals surface area contributed by atoms with E-state index in [1.807, 2.05) is 50.2 Å². The molecule has 1 N–H and O–H groups in total. The Kier molecular flexibility index (Phi) is 8.99. The predicted octanol–water partition coefficient (Wildman–Crippen LogP) is 5.89. The van der Waals surface area contributed by atoms with E-state index < -0.39 is 0 Å². The van der Waals surface area contributed by atoms with Crippen molar-refractivity contribution in [3.63, 3.8) is 0 Å². The first kappa shape index (κ1) is 23.2. The van der Waals surface area contributed by atoms with E-state index in [4.69, 9.17) is 27.9 Å². The van der Waals surface area contributed by atoms with Crippen molar-refractivity contribution in [1.82, 2.24) is 5.32 Å². The van der Waals surface area contributed by atoms with Gasteiger partial charge in [0.25, 0.3) is 0 Å². The number of hydrogen-bond donors (Lipinski definition) is 1. The number of benzene rings is 2. The Morgan fingerprint density at radius 3 is 2.24 bits per heavy atom. The van der Waals surface area contributed by atoms with Crippen molar-refractivity contribution >= 4 is 35.1 Å². The van der Waals surface area contributed by atoms with Crippen molar-refractivity contribution in [3.05, 3.63) is 58.1 Å². The summed E-state index contributed by atoms with van der Waals surface area (Å²) in [5, 5.41) is 3.98. The lowest BCUT2D eigenvalue weighted by atomic mass is 9.93. The van der Waals surface area contributed by atoms with Crippen LogP contribution in [0.4, 0.5) is 0 Å². The van der Waals surface area contributed by atoms with E-state index in [1.165, 1.54) is 0 Å². The molecule has 1 atom stereocenters. The van der Waals surface area contributed by atoms with Gasteiger partial charge in [-0.3, -0.25) is 9.59 Å². The first-order chi connectivity index (χ1) is 13.8. The van der Waals surface area contributed by atoms with Crippen molar-refractivity contribution in [2.45, 2.75) is 40.2 Å². The SMILES string of the molecule is CCOC(=O)CC(CC(C)C)C(=O)NCc1ccc(-c2ccc(Cl)c(Cl)c2)cc1. The van der Waals surface area contributed by atoms with E-state index in [0.29, 0.717) is 35.5 Å². The Morgan fingerprint density at radius 2 is 1.66 bits per heavy atom. The second-order valence-electron chi connectivity index (χ2n) is 7.38. The minimum absolute atomic E-state index is 0.105. The second-order valence-corrected chi connectivity index (χ2v) is 8.19. The number of rotatable bonds is 9. The summed E-state index contributed by atoms with van der Waals surface area (Å²) in [7, 11) is 0. The monoisotopic (exact) mass is 435 g/mol. The molecule has 2 aromatic rings. The number of esters is 1. The van der Waals surface area contributed by atoms with E-state index >= 15 is 0 Å². The van der Waals surface area contributed by atoms with Gasteiger partial charge in [-0.05, 0) is 48.1 Å². The van der Waals surface area contributed by atoms with E-state index in [2.05, 4.69) is 5.32 Å². The van der Waals surface area contributed by atoms with Crippen LogP contribution in [0.2, 0.25) is 10.0 Å². The van der Waals surface area contributed by atoms with Crippen LogP contribution in [0.3, 0.4) is 0 Å². The molecule has 0 bridgehead atoms. The lowest BCUT2D eigenvalue weighted by molar-refractivity contribution is -0.146. The molecule has 4 nitrogen and oxygen atoms in total.